The van der Waals surface area contributed by atoms with E-state index in [-0.39, 0.29) is 11.3 Å². The molecule has 2 nitrogen and oxygen atoms in total. The van der Waals surface area contributed by atoms with Crippen LogP contribution in [0.1, 0.15) is 13.8 Å². The molecular formula is C7H13NOS. The van der Waals surface area contributed by atoms with Crippen LogP contribution in [0.25, 0.3) is 0 Å². The first kappa shape index (κ1) is 7.92. The Balaban J connectivity index is 2.61. The fourth-order valence-electron chi connectivity index (χ4n) is 0.869. The molecule has 1 heterocycles. The number of amides is 1. The van der Waals surface area contributed by atoms with Crippen LogP contribution in [0.5, 0.6) is 0 Å². The van der Waals surface area contributed by atoms with E-state index in [1.807, 2.05) is 25.6 Å². The zero-order valence-corrected chi connectivity index (χ0v) is 7.25. The quantitative estimate of drug-likeness (QED) is 0.568. The lowest BCUT2D eigenvalue weighted by molar-refractivity contribution is -0.127. The summed E-state index contributed by atoms with van der Waals surface area (Å²) in [5.74, 6) is 2.19. The van der Waals surface area contributed by atoms with Gasteiger partial charge in [-0.3, -0.25) is 4.79 Å². The standard InChI is InChI=1S/C7H13NOS/c1-7(2)5-10-4-3-8-6(7)9/h3-5H2,1-2H3,(H,8,9). The molecule has 0 bridgehead atoms. The van der Waals surface area contributed by atoms with Gasteiger partial charge in [0.25, 0.3) is 0 Å². The lowest BCUT2D eigenvalue weighted by Crippen LogP contribution is -2.36. The van der Waals surface area contributed by atoms with Gasteiger partial charge in [0.2, 0.25) is 5.91 Å². The maximum Gasteiger partial charge on any atom is 0.226 e. The molecule has 1 aliphatic heterocycles. The van der Waals surface area contributed by atoms with E-state index in [2.05, 4.69) is 5.32 Å². The van der Waals surface area contributed by atoms with Crippen molar-refractivity contribution in [3.8, 4) is 0 Å². The minimum absolute atomic E-state index is 0.166. The Morgan fingerprint density at radius 1 is 1.60 bits per heavy atom. The Labute approximate surface area is 65.8 Å². The largest absolute Gasteiger partial charge is 0.355 e. The van der Waals surface area contributed by atoms with Crippen LogP contribution >= 0.6 is 11.8 Å². The highest BCUT2D eigenvalue weighted by atomic mass is 32.2. The van der Waals surface area contributed by atoms with Gasteiger partial charge in [-0.05, 0) is 0 Å². The predicted molar refractivity (Wildman–Crippen MR) is 44.1 cm³/mol. The van der Waals surface area contributed by atoms with Crippen LogP contribution in [0.3, 0.4) is 0 Å². The molecule has 0 aromatic heterocycles. The summed E-state index contributed by atoms with van der Waals surface area (Å²) >= 11 is 1.84. The second-order valence-electron chi connectivity index (χ2n) is 3.19. The number of carbonyl (C=O) groups excluding carboxylic acids is 1. The average molecular weight is 159 g/mol. The average Bonchev–Trinajstić information content (AvgIpc) is 1.96. The van der Waals surface area contributed by atoms with Crippen molar-refractivity contribution in [1.29, 1.82) is 0 Å². The number of rotatable bonds is 0. The van der Waals surface area contributed by atoms with Crippen LogP contribution in [0.4, 0.5) is 0 Å². The Hall–Kier alpha value is -0.180. The van der Waals surface area contributed by atoms with Crippen molar-refractivity contribution < 1.29 is 4.79 Å². The van der Waals surface area contributed by atoms with Crippen molar-refractivity contribution in [2.24, 2.45) is 5.41 Å². The van der Waals surface area contributed by atoms with Crippen molar-refractivity contribution >= 4 is 17.7 Å². The van der Waals surface area contributed by atoms with E-state index >= 15 is 0 Å². The van der Waals surface area contributed by atoms with E-state index in [0.717, 1.165) is 18.1 Å². The van der Waals surface area contributed by atoms with E-state index in [1.165, 1.54) is 0 Å². The van der Waals surface area contributed by atoms with Crippen molar-refractivity contribution in [2.45, 2.75) is 13.8 Å². The topological polar surface area (TPSA) is 29.1 Å². The number of hydrogen-bond donors (Lipinski definition) is 1. The fourth-order valence-corrected chi connectivity index (χ4v) is 1.90. The molecule has 0 aromatic rings. The highest BCUT2D eigenvalue weighted by Gasteiger charge is 2.28. The molecule has 0 unspecified atom stereocenters. The summed E-state index contributed by atoms with van der Waals surface area (Å²) in [5.41, 5.74) is -0.166. The fraction of sp³-hybridized carbons (Fsp3) is 0.857. The van der Waals surface area contributed by atoms with Gasteiger partial charge in [-0.15, -0.1) is 0 Å². The lowest BCUT2D eigenvalue weighted by atomic mass is 9.95. The second-order valence-corrected chi connectivity index (χ2v) is 4.30. The molecule has 0 saturated carbocycles. The van der Waals surface area contributed by atoms with Gasteiger partial charge in [-0.25, -0.2) is 0 Å². The number of thioether (sulfide) groups is 1. The molecule has 1 amide bonds. The van der Waals surface area contributed by atoms with Gasteiger partial charge in [0.05, 0.1) is 5.41 Å². The third kappa shape index (κ3) is 1.66. The molecule has 1 rings (SSSR count). The van der Waals surface area contributed by atoms with Crippen LogP contribution in [-0.2, 0) is 4.79 Å². The van der Waals surface area contributed by atoms with Crippen molar-refractivity contribution in [3.63, 3.8) is 0 Å². The van der Waals surface area contributed by atoms with Crippen LogP contribution in [0.15, 0.2) is 0 Å². The van der Waals surface area contributed by atoms with E-state index in [9.17, 15) is 4.79 Å². The molecule has 0 aromatic carbocycles. The molecule has 1 fully saturated rings. The molecule has 0 atom stereocenters. The zero-order chi connectivity index (χ0) is 7.61. The predicted octanol–water partition coefficient (Wildman–Crippen LogP) is 0.876. The Kier molecular flexibility index (Phi) is 2.24. The Bertz CT molecular complexity index is 145. The SMILES string of the molecule is CC1(C)CSCCNC1=O. The van der Waals surface area contributed by atoms with E-state index < -0.39 is 0 Å². The highest BCUT2D eigenvalue weighted by Crippen LogP contribution is 2.23. The number of carbonyl (C=O) groups is 1. The van der Waals surface area contributed by atoms with Crippen LogP contribution in [0, 0.1) is 5.41 Å². The molecule has 0 radical (unpaired) electrons. The van der Waals surface area contributed by atoms with Gasteiger partial charge >= 0.3 is 0 Å². The summed E-state index contributed by atoms with van der Waals surface area (Å²) in [5, 5.41) is 2.88. The molecule has 10 heavy (non-hydrogen) atoms. The lowest BCUT2D eigenvalue weighted by Gasteiger charge is -2.18. The third-order valence-corrected chi connectivity index (χ3v) is 3.03. The van der Waals surface area contributed by atoms with Crippen molar-refractivity contribution in [3.05, 3.63) is 0 Å². The van der Waals surface area contributed by atoms with Gasteiger partial charge < -0.3 is 5.32 Å². The molecule has 0 spiro atoms. The summed E-state index contributed by atoms with van der Waals surface area (Å²) in [6.07, 6.45) is 0. The van der Waals surface area contributed by atoms with Crippen LogP contribution in [-0.4, -0.2) is 24.0 Å². The summed E-state index contributed by atoms with van der Waals surface area (Å²) in [6, 6.07) is 0. The van der Waals surface area contributed by atoms with Gasteiger partial charge in [-0.2, -0.15) is 11.8 Å². The Morgan fingerprint density at radius 2 is 2.30 bits per heavy atom. The van der Waals surface area contributed by atoms with Gasteiger partial charge in [0, 0.05) is 18.1 Å². The molecule has 58 valence electrons. The smallest absolute Gasteiger partial charge is 0.226 e. The van der Waals surface area contributed by atoms with Crippen LogP contribution < -0.4 is 5.32 Å². The maximum absolute atomic E-state index is 11.2. The van der Waals surface area contributed by atoms with Crippen molar-refractivity contribution in [2.75, 3.05) is 18.1 Å². The molecule has 3 heteroatoms. The number of nitrogens with one attached hydrogen (secondary N) is 1. The monoisotopic (exact) mass is 159 g/mol. The molecule has 1 saturated heterocycles. The van der Waals surface area contributed by atoms with Crippen LogP contribution in [0.2, 0.25) is 0 Å². The summed E-state index contributed by atoms with van der Waals surface area (Å²) in [7, 11) is 0. The zero-order valence-electron chi connectivity index (χ0n) is 6.44. The number of hydrogen-bond acceptors (Lipinski definition) is 2. The molecule has 1 aliphatic rings. The first-order chi connectivity index (χ1) is 4.63. The van der Waals surface area contributed by atoms with Gasteiger partial charge in [0.15, 0.2) is 0 Å². The third-order valence-electron chi connectivity index (χ3n) is 1.61. The summed E-state index contributed by atoms with van der Waals surface area (Å²) < 4.78 is 0. The second kappa shape index (κ2) is 2.82. The minimum Gasteiger partial charge on any atom is -0.355 e. The molecular weight excluding hydrogens is 146 g/mol. The van der Waals surface area contributed by atoms with E-state index in [1.54, 1.807) is 0 Å². The van der Waals surface area contributed by atoms with Gasteiger partial charge in [0.1, 0.15) is 0 Å². The maximum atomic E-state index is 11.2. The summed E-state index contributed by atoms with van der Waals surface area (Å²) in [6.45, 7) is 4.80. The normalized spacial score (nSPS) is 25.2. The van der Waals surface area contributed by atoms with Gasteiger partial charge in [-0.1, -0.05) is 13.8 Å². The molecule has 1 N–H and O–H groups in total. The van der Waals surface area contributed by atoms with E-state index in [0.29, 0.717) is 0 Å². The Morgan fingerprint density at radius 3 is 3.00 bits per heavy atom. The minimum atomic E-state index is -0.166. The van der Waals surface area contributed by atoms with E-state index in [4.69, 9.17) is 0 Å². The van der Waals surface area contributed by atoms with Crippen molar-refractivity contribution in [1.82, 2.24) is 5.32 Å². The highest BCUT2D eigenvalue weighted by molar-refractivity contribution is 7.99. The first-order valence-corrected chi connectivity index (χ1v) is 4.64. The first-order valence-electron chi connectivity index (χ1n) is 3.49. The summed E-state index contributed by atoms with van der Waals surface area (Å²) in [4.78, 5) is 11.2. The molecule has 0 aliphatic carbocycles.